The zero-order chi connectivity index (χ0) is 10.0. The van der Waals surface area contributed by atoms with Crippen molar-refractivity contribution in [3.05, 3.63) is 33.3 Å². The summed E-state index contributed by atoms with van der Waals surface area (Å²) in [6.45, 7) is 6.28. The van der Waals surface area contributed by atoms with Crippen LogP contribution in [0.2, 0.25) is 0 Å². The molecule has 1 unspecified atom stereocenters. The summed E-state index contributed by atoms with van der Waals surface area (Å²) < 4.78 is 1.18. The second kappa shape index (κ2) is 4.25. The lowest BCUT2D eigenvalue weighted by molar-refractivity contribution is 0.737. The zero-order valence-corrected chi connectivity index (χ0v) is 9.98. The van der Waals surface area contributed by atoms with E-state index in [0.717, 1.165) is 6.42 Å². The molecule has 0 radical (unpaired) electrons. The van der Waals surface area contributed by atoms with Gasteiger partial charge in [0.1, 0.15) is 0 Å². The third-order valence-corrected chi connectivity index (χ3v) is 3.05. The van der Waals surface area contributed by atoms with Gasteiger partial charge in [-0.25, -0.2) is 0 Å². The molecule has 1 atom stereocenters. The normalized spacial score (nSPS) is 13.0. The molecular weight excluding hydrogens is 226 g/mol. The number of aryl methyl sites for hydroxylation is 1. The standard InChI is InChI=1S/C11H16BrN/c1-7-4-10(5-8(2)13)6-11(12)9(7)3/h4,6,8H,5,13H2,1-3H3. The first-order valence-electron chi connectivity index (χ1n) is 4.52. The topological polar surface area (TPSA) is 26.0 Å². The molecule has 1 aromatic carbocycles. The highest BCUT2D eigenvalue weighted by Crippen LogP contribution is 2.22. The summed E-state index contributed by atoms with van der Waals surface area (Å²) >= 11 is 3.55. The lowest BCUT2D eigenvalue weighted by atomic mass is 10.0. The van der Waals surface area contributed by atoms with Gasteiger partial charge in [0.15, 0.2) is 0 Å². The number of nitrogens with two attached hydrogens (primary N) is 1. The first-order valence-corrected chi connectivity index (χ1v) is 5.31. The minimum Gasteiger partial charge on any atom is -0.328 e. The van der Waals surface area contributed by atoms with E-state index in [0.29, 0.717) is 0 Å². The molecular formula is C11H16BrN. The molecule has 0 spiro atoms. The van der Waals surface area contributed by atoms with E-state index in [1.807, 2.05) is 6.92 Å². The van der Waals surface area contributed by atoms with Crippen LogP contribution in [-0.4, -0.2) is 6.04 Å². The minimum atomic E-state index is 0.231. The van der Waals surface area contributed by atoms with Crippen molar-refractivity contribution in [2.75, 3.05) is 0 Å². The lowest BCUT2D eigenvalue weighted by Gasteiger charge is -2.09. The molecule has 0 aromatic heterocycles. The fourth-order valence-corrected chi connectivity index (χ4v) is 1.98. The van der Waals surface area contributed by atoms with Crippen LogP contribution < -0.4 is 5.73 Å². The van der Waals surface area contributed by atoms with Crippen molar-refractivity contribution in [3.8, 4) is 0 Å². The van der Waals surface area contributed by atoms with E-state index in [9.17, 15) is 0 Å². The third-order valence-electron chi connectivity index (χ3n) is 2.22. The molecule has 2 heteroatoms. The van der Waals surface area contributed by atoms with Crippen molar-refractivity contribution in [3.63, 3.8) is 0 Å². The number of hydrogen-bond acceptors (Lipinski definition) is 1. The Bertz CT molecular complexity index is 282. The lowest BCUT2D eigenvalue weighted by Crippen LogP contribution is -2.17. The summed E-state index contributed by atoms with van der Waals surface area (Å²) in [4.78, 5) is 0. The molecule has 0 bridgehead atoms. The maximum atomic E-state index is 5.75. The van der Waals surface area contributed by atoms with Crippen LogP contribution in [0.25, 0.3) is 0 Å². The van der Waals surface area contributed by atoms with Gasteiger partial charge >= 0.3 is 0 Å². The van der Waals surface area contributed by atoms with E-state index in [1.54, 1.807) is 0 Å². The molecule has 0 aliphatic carbocycles. The van der Waals surface area contributed by atoms with Gasteiger partial charge in [0.05, 0.1) is 0 Å². The molecule has 1 aromatic rings. The molecule has 0 aliphatic rings. The molecule has 0 aliphatic heterocycles. The monoisotopic (exact) mass is 241 g/mol. The van der Waals surface area contributed by atoms with Crippen LogP contribution in [0, 0.1) is 13.8 Å². The zero-order valence-electron chi connectivity index (χ0n) is 8.39. The Morgan fingerprint density at radius 2 is 2.00 bits per heavy atom. The van der Waals surface area contributed by atoms with Crippen molar-refractivity contribution >= 4 is 15.9 Å². The first kappa shape index (κ1) is 10.7. The average molecular weight is 242 g/mol. The van der Waals surface area contributed by atoms with Crippen molar-refractivity contribution in [2.45, 2.75) is 33.2 Å². The first-order chi connectivity index (χ1) is 6.00. The SMILES string of the molecule is Cc1cc(CC(C)N)cc(Br)c1C. The van der Waals surface area contributed by atoms with Gasteiger partial charge in [-0.1, -0.05) is 22.0 Å². The maximum absolute atomic E-state index is 5.75. The number of rotatable bonds is 2. The Hall–Kier alpha value is -0.340. The largest absolute Gasteiger partial charge is 0.328 e. The molecule has 0 heterocycles. The predicted molar refractivity (Wildman–Crippen MR) is 61.0 cm³/mol. The van der Waals surface area contributed by atoms with E-state index in [4.69, 9.17) is 5.73 Å². The van der Waals surface area contributed by atoms with Gasteiger partial charge in [0, 0.05) is 10.5 Å². The van der Waals surface area contributed by atoms with Gasteiger partial charge in [-0.15, -0.1) is 0 Å². The van der Waals surface area contributed by atoms with Crippen molar-refractivity contribution < 1.29 is 0 Å². The molecule has 1 nitrogen and oxygen atoms in total. The van der Waals surface area contributed by atoms with Crippen molar-refractivity contribution in [2.24, 2.45) is 5.73 Å². The van der Waals surface area contributed by atoms with E-state index in [-0.39, 0.29) is 6.04 Å². The Labute approximate surface area is 88.5 Å². The molecule has 2 N–H and O–H groups in total. The highest BCUT2D eigenvalue weighted by molar-refractivity contribution is 9.10. The van der Waals surface area contributed by atoms with E-state index < -0.39 is 0 Å². The van der Waals surface area contributed by atoms with E-state index >= 15 is 0 Å². The Morgan fingerprint density at radius 1 is 1.38 bits per heavy atom. The molecule has 0 fully saturated rings. The van der Waals surface area contributed by atoms with E-state index in [1.165, 1.54) is 21.2 Å². The maximum Gasteiger partial charge on any atom is 0.0209 e. The van der Waals surface area contributed by atoms with Gasteiger partial charge in [0.2, 0.25) is 0 Å². The summed E-state index contributed by atoms with van der Waals surface area (Å²) in [5.74, 6) is 0. The van der Waals surface area contributed by atoms with Crippen LogP contribution in [0.15, 0.2) is 16.6 Å². The van der Waals surface area contributed by atoms with E-state index in [2.05, 4.69) is 41.9 Å². The quantitative estimate of drug-likeness (QED) is 0.847. The highest BCUT2D eigenvalue weighted by atomic mass is 79.9. The highest BCUT2D eigenvalue weighted by Gasteiger charge is 2.03. The van der Waals surface area contributed by atoms with Crippen LogP contribution in [0.1, 0.15) is 23.6 Å². The number of benzene rings is 1. The van der Waals surface area contributed by atoms with Crippen molar-refractivity contribution in [1.29, 1.82) is 0 Å². The van der Waals surface area contributed by atoms with Crippen molar-refractivity contribution in [1.82, 2.24) is 0 Å². The average Bonchev–Trinajstić information content (AvgIpc) is 1.98. The van der Waals surface area contributed by atoms with Crippen LogP contribution in [-0.2, 0) is 6.42 Å². The smallest absolute Gasteiger partial charge is 0.0209 e. The molecule has 0 saturated heterocycles. The molecule has 0 saturated carbocycles. The van der Waals surface area contributed by atoms with Gasteiger partial charge in [0.25, 0.3) is 0 Å². The summed E-state index contributed by atoms with van der Waals surface area (Å²) in [6.07, 6.45) is 0.944. The van der Waals surface area contributed by atoms with Gasteiger partial charge in [-0.2, -0.15) is 0 Å². The van der Waals surface area contributed by atoms with Crippen LogP contribution >= 0.6 is 15.9 Å². The predicted octanol–water partition coefficient (Wildman–Crippen LogP) is 2.96. The summed E-state index contributed by atoms with van der Waals surface area (Å²) in [5.41, 5.74) is 9.69. The summed E-state index contributed by atoms with van der Waals surface area (Å²) in [5, 5.41) is 0. The second-order valence-electron chi connectivity index (χ2n) is 3.70. The minimum absolute atomic E-state index is 0.231. The molecule has 72 valence electrons. The Balaban J connectivity index is 2.99. The fourth-order valence-electron chi connectivity index (χ4n) is 1.38. The summed E-state index contributed by atoms with van der Waals surface area (Å²) in [7, 11) is 0. The molecule has 13 heavy (non-hydrogen) atoms. The molecule has 1 rings (SSSR count). The number of hydrogen-bond donors (Lipinski definition) is 1. The Morgan fingerprint density at radius 3 is 2.46 bits per heavy atom. The van der Waals surface area contributed by atoms with Crippen LogP contribution in [0.4, 0.5) is 0 Å². The Kier molecular flexibility index (Phi) is 3.51. The van der Waals surface area contributed by atoms with Gasteiger partial charge in [-0.3, -0.25) is 0 Å². The van der Waals surface area contributed by atoms with Crippen LogP contribution in [0.5, 0.6) is 0 Å². The third kappa shape index (κ3) is 2.82. The van der Waals surface area contributed by atoms with Crippen LogP contribution in [0.3, 0.4) is 0 Å². The van der Waals surface area contributed by atoms with Gasteiger partial charge in [-0.05, 0) is 49.9 Å². The molecule has 0 amide bonds. The summed E-state index contributed by atoms with van der Waals surface area (Å²) in [6, 6.07) is 4.60. The number of halogens is 1. The van der Waals surface area contributed by atoms with Gasteiger partial charge < -0.3 is 5.73 Å². The second-order valence-corrected chi connectivity index (χ2v) is 4.56. The fraction of sp³-hybridized carbons (Fsp3) is 0.455.